The van der Waals surface area contributed by atoms with Crippen LogP contribution in [0.25, 0.3) is 0 Å². The summed E-state index contributed by atoms with van der Waals surface area (Å²) in [6.45, 7) is 7.09. The summed E-state index contributed by atoms with van der Waals surface area (Å²) in [6.07, 6.45) is 0. The molecule has 0 radical (unpaired) electrons. The van der Waals surface area contributed by atoms with E-state index >= 15 is 0 Å². The van der Waals surface area contributed by atoms with Crippen LogP contribution in [0.5, 0.6) is 0 Å². The van der Waals surface area contributed by atoms with Gasteiger partial charge in [-0.2, -0.15) is 20.6 Å². The number of azo groups is 1. The van der Waals surface area contributed by atoms with Crippen LogP contribution in [0.2, 0.25) is 0 Å². The summed E-state index contributed by atoms with van der Waals surface area (Å²) in [5, 5.41) is 30.6. The van der Waals surface area contributed by atoms with Crippen molar-refractivity contribution in [1.82, 2.24) is 19.3 Å². The van der Waals surface area contributed by atoms with Gasteiger partial charge < -0.3 is 5.73 Å². The van der Waals surface area contributed by atoms with E-state index in [1.54, 1.807) is 19.2 Å². The van der Waals surface area contributed by atoms with E-state index in [0.717, 1.165) is 4.57 Å². The molecule has 0 saturated carbocycles. The second-order valence-corrected chi connectivity index (χ2v) is 6.34. The van der Waals surface area contributed by atoms with Gasteiger partial charge in [-0.15, -0.1) is 10.2 Å². The van der Waals surface area contributed by atoms with E-state index in [9.17, 15) is 4.79 Å². The molecule has 128 valence electrons. The van der Waals surface area contributed by atoms with Crippen LogP contribution in [-0.2, 0) is 12.5 Å². The van der Waals surface area contributed by atoms with Crippen LogP contribution in [0.1, 0.15) is 49.6 Å². The van der Waals surface area contributed by atoms with E-state index in [2.05, 4.69) is 20.3 Å². The third-order valence-corrected chi connectivity index (χ3v) is 3.40. The first-order valence-corrected chi connectivity index (χ1v) is 7.30. The lowest BCUT2D eigenvalue weighted by Crippen LogP contribution is -2.12. The molecule has 0 bridgehead atoms. The molecule has 10 heteroatoms. The highest BCUT2D eigenvalue weighted by Crippen LogP contribution is 2.36. The lowest BCUT2D eigenvalue weighted by Gasteiger charge is -2.15. The summed E-state index contributed by atoms with van der Waals surface area (Å²) >= 11 is 0. The van der Waals surface area contributed by atoms with Crippen molar-refractivity contribution in [2.45, 2.75) is 33.1 Å². The van der Waals surface area contributed by atoms with Crippen molar-refractivity contribution in [3.05, 3.63) is 17.1 Å². The second kappa shape index (κ2) is 6.17. The zero-order chi connectivity index (χ0) is 18.9. The fraction of sp³-hybridized carbons (Fsp3) is 0.400. The van der Waals surface area contributed by atoms with Gasteiger partial charge in [-0.05, 0) is 0 Å². The van der Waals surface area contributed by atoms with Gasteiger partial charge in [-0.1, -0.05) is 20.8 Å². The number of nitrogens with two attached hydrogens (primary N) is 1. The van der Waals surface area contributed by atoms with Crippen molar-refractivity contribution in [2.75, 3.05) is 5.73 Å². The lowest BCUT2D eigenvalue weighted by molar-refractivity contribution is 0.0937. The zero-order valence-corrected chi connectivity index (χ0v) is 14.6. The van der Waals surface area contributed by atoms with Gasteiger partial charge in [0.1, 0.15) is 18.0 Å². The first kappa shape index (κ1) is 17.8. The van der Waals surface area contributed by atoms with Crippen molar-refractivity contribution in [3.63, 3.8) is 0 Å². The van der Waals surface area contributed by atoms with E-state index in [1.165, 1.54) is 11.6 Å². The molecule has 0 atom stereocenters. The Hall–Kier alpha value is -3.53. The normalized spacial score (nSPS) is 11.5. The maximum atomic E-state index is 11.8. The number of aryl methyl sites for hydroxylation is 1. The molecule has 2 aromatic heterocycles. The zero-order valence-electron chi connectivity index (χ0n) is 14.6. The highest BCUT2D eigenvalue weighted by atomic mass is 16.2. The van der Waals surface area contributed by atoms with Crippen LogP contribution in [0.4, 0.5) is 17.5 Å². The third-order valence-electron chi connectivity index (χ3n) is 3.40. The molecule has 2 heterocycles. The van der Waals surface area contributed by atoms with Gasteiger partial charge in [0.25, 0.3) is 5.95 Å². The van der Waals surface area contributed by atoms with E-state index < -0.39 is 5.91 Å². The van der Waals surface area contributed by atoms with Crippen LogP contribution in [0.3, 0.4) is 0 Å². The number of aromatic nitrogens is 4. The van der Waals surface area contributed by atoms with Gasteiger partial charge in [0.05, 0.1) is 5.69 Å². The SMILES string of the molecule is CC(=O)n1c(N=Nc2c(C(C)(C)C)nn(C)c2N)nc(C#N)c1C#N. The summed E-state index contributed by atoms with van der Waals surface area (Å²) in [5.74, 6) is -0.367. The van der Waals surface area contributed by atoms with E-state index in [-0.39, 0.29) is 22.8 Å². The molecule has 2 N–H and O–H groups in total. The number of carbonyl (C=O) groups excluding carboxylic acids is 1. The molecule has 10 nitrogen and oxygen atoms in total. The monoisotopic (exact) mass is 339 g/mol. The first-order valence-electron chi connectivity index (χ1n) is 7.30. The minimum atomic E-state index is -0.505. The van der Waals surface area contributed by atoms with Gasteiger partial charge >= 0.3 is 0 Å². The van der Waals surface area contributed by atoms with Crippen molar-refractivity contribution < 1.29 is 4.79 Å². The maximum absolute atomic E-state index is 11.8. The summed E-state index contributed by atoms with van der Waals surface area (Å²) in [5.41, 5.74) is 6.26. The molecular weight excluding hydrogens is 322 g/mol. The quantitative estimate of drug-likeness (QED) is 0.829. The Labute approximate surface area is 144 Å². The third kappa shape index (κ3) is 3.10. The molecule has 25 heavy (non-hydrogen) atoms. The minimum absolute atomic E-state index is 0.163. The van der Waals surface area contributed by atoms with Crippen LogP contribution < -0.4 is 5.73 Å². The summed E-state index contributed by atoms with van der Waals surface area (Å²) in [7, 11) is 1.68. The molecular formula is C15H17N9O. The van der Waals surface area contributed by atoms with Gasteiger partial charge in [0.15, 0.2) is 17.1 Å². The number of carbonyl (C=O) groups is 1. The van der Waals surface area contributed by atoms with Crippen LogP contribution in [0, 0.1) is 22.7 Å². The van der Waals surface area contributed by atoms with Crippen molar-refractivity contribution >= 4 is 23.4 Å². The Morgan fingerprint density at radius 3 is 2.36 bits per heavy atom. The van der Waals surface area contributed by atoms with Gasteiger partial charge in [-0.3, -0.25) is 9.48 Å². The number of nitrogen functional groups attached to an aromatic ring is 1. The number of imidazole rings is 1. The standard InChI is InChI=1S/C15H17N9O/c1-8(25)24-10(7-17)9(6-16)19-14(24)21-20-11-12(15(2,3)4)22-23(5)13(11)18/h18H2,1-5H3. The molecule has 0 fully saturated rings. The largest absolute Gasteiger partial charge is 0.382 e. The Morgan fingerprint density at radius 1 is 1.24 bits per heavy atom. The first-order chi connectivity index (χ1) is 11.6. The Morgan fingerprint density at radius 2 is 1.88 bits per heavy atom. The number of anilines is 1. The molecule has 0 aliphatic heterocycles. The summed E-state index contributed by atoms with van der Waals surface area (Å²) in [4.78, 5) is 15.7. The molecule has 0 saturated heterocycles. The predicted molar refractivity (Wildman–Crippen MR) is 88.5 cm³/mol. The van der Waals surface area contributed by atoms with E-state index in [1.807, 2.05) is 20.8 Å². The van der Waals surface area contributed by atoms with E-state index in [4.69, 9.17) is 16.3 Å². The molecule has 0 spiro atoms. The van der Waals surface area contributed by atoms with Crippen LogP contribution >= 0.6 is 0 Å². The molecule has 2 rings (SSSR count). The molecule has 0 unspecified atom stereocenters. The summed E-state index contributed by atoms with van der Waals surface area (Å²) < 4.78 is 2.42. The van der Waals surface area contributed by atoms with Crippen LogP contribution in [0.15, 0.2) is 10.2 Å². The molecule has 0 aliphatic rings. The molecule has 0 amide bonds. The number of hydrogen-bond donors (Lipinski definition) is 1. The molecule has 0 aliphatic carbocycles. The average molecular weight is 339 g/mol. The number of rotatable bonds is 2. The van der Waals surface area contributed by atoms with Crippen molar-refractivity contribution in [3.8, 4) is 12.1 Å². The fourth-order valence-corrected chi connectivity index (χ4v) is 2.18. The Bertz CT molecular complexity index is 957. The lowest BCUT2D eigenvalue weighted by atomic mass is 9.91. The van der Waals surface area contributed by atoms with Gasteiger partial charge in [-0.25, -0.2) is 4.57 Å². The second-order valence-electron chi connectivity index (χ2n) is 6.34. The average Bonchev–Trinajstić information content (AvgIpc) is 3.03. The predicted octanol–water partition coefficient (Wildman–Crippen LogP) is 2.32. The van der Waals surface area contributed by atoms with Gasteiger partial charge in [0.2, 0.25) is 5.91 Å². The number of nitriles is 2. The highest BCUT2D eigenvalue weighted by Gasteiger charge is 2.26. The van der Waals surface area contributed by atoms with Gasteiger partial charge in [0, 0.05) is 19.4 Å². The minimum Gasteiger partial charge on any atom is -0.382 e. The molecule has 0 aromatic carbocycles. The number of nitrogens with zero attached hydrogens (tertiary/aromatic N) is 8. The van der Waals surface area contributed by atoms with Crippen LogP contribution in [-0.4, -0.2) is 25.2 Å². The topological polar surface area (TPSA) is 151 Å². The van der Waals surface area contributed by atoms with E-state index in [0.29, 0.717) is 17.2 Å². The van der Waals surface area contributed by atoms with Crippen molar-refractivity contribution in [1.29, 1.82) is 10.5 Å². The Balaban J connectivity index is 2.63. The highest BCUT2D eigenvalue weighted by molar-refractivity contribution is 5.81. The summed E-state index contributed by atoms with van der Waals surface area (Å²) in [6, 6.07) is 3.54. The Kier molecular flexibility index (Phi) is 4.40. The van der Waals surface area contributed by atoms with Crippen molar-refractivity contribution in [2.24, 2.45) is 17.3 Å². The molecule has 2 aromatic rings. The smallest absolute Gasteiger partial charge is 0.258 e. The fourth-order valence-electron chi connectivity index (χ4n) is 2.18. The maximum Gasteiger partial charge on any atom is 0.258 e. The number of hydrogen-bond acceptors (Lipinski definition) is 8.